The molecule has 1 aromatic heterocycles. The molecule has 80 valence electrons. The molecule has 0 fully saturated rings. The van der Waals surface area contributed by atoms with E-state index in [4.69, 9.17) is 0 Å². The van der Waals surface area contributed by atoms with E-state index in [0.717, 1.165) is 0 Å². The monoisotopic (exact) mass is 218 g/mol. The molecular formula is C14H18S. The molecule has 2 rings (SSSR count). The van der Waals surface area contributed by atoms with Crippen molar-refractivity contribution < 1.29 is 0 Å². The molecule has 0 aliphatic carbocycles. The van der Waals surface area contributed by atoms with E-state index >= 15 is 0 Å². The summed E-state index contributed by atoms with van der Waals surface area (Å²) in [5.41, 5.74) is 1.48. The third kappa shape index (κ3) is 2.40. The first-order valence-electron chi connectivity index (χ1n) is 5.84. The maximum Gasteiger partial charge on any atom is 0.0348 e. The van der Waals surface area contributed by atoms with E-state index in [-0.39, 0.29) is 0 Å². The summed E-state index contributed by atoms with van der Waals surface area (Å²) >= 11 is 1.96. The van der Waals surface area contributed by atoms with Crippen LogP contribution in [-0.2, 0) is 12.8 Å². The quantitative estimate of drug-likeness (QED) is 0.691. The number of benzene rings is 1. The minimum Gasteiger partial charge on any atom is -0.140 e. The second kappa shape index (κ2) is 4.80. The summed E-state index contributed by atoms with van der Waals surface area (Å²) in [6.45, 7) is 4.48. The molecule has 0 N–H and O–H groups in total. The third-order valence-corrected chi connectivity index (χ3v) is 3.83. The Kier molecular flexibility index (Phi) is 3.42. The van der Waals surface area contributed by atoms with E-state index in [1.807, 2.05) is 11.3 Å². The zero-order chi connectivity index (χ0) is 10.7. The Labute approximate surface area is 95.9 Å². The zero-order valence-corrected chi connectivity index (χ0v) is 10.4. The number of rotatable bonds is 4. The molecule has 2 aromatic rings. The Balaban J connectivity index is 2.34. The SMILES string of the molecule is CCCc1ccc2cc(CCC)sc2c1. The highest BCUT2D eigenvalue weighted by Crippen LogP contribution is 2.27. The van der Waals surface area contributed by atoms with E-state index in [1.165, 1.54) is 46.2 Å². The standard InChI is InChI=1S/C14H18S/c1-3-5-11-7-8-12-10-13(6-4-2)15-14(12)9-11/h7-10H,3-6H2,1-2H3. The Bertz CT molecular complexity index is 436. The minimum absolute atomic E-state index is 1.21. The Morgan fingerprint density at radius 2 is 1.80 bits per heavy atom. The lowest BCUT2D eigenvalue weighted by atomic mass is 10.1. The molecule has 0 atom stereocenters. The maximum atomic E-state index is 2.36. The molecule has 15 heavy (non-hydrogen) atoms. The van der Waals surface area contributed by atoms with Crippen LogP contribution in [0.25, 0.3) is 10.1 Å². The van der Waals surface area contributed by atoms with Gasteiger partial charge in [0.25, 0.3) is 0 Å². The normalized spacial score (nSPS) is 11.1. The number of aryl methyl sites for hydroxylation is 2. The molecule has 0 saturated heterocycles. The van der Waals surface area contributed by atoms with Gasteiger partial charge in [-0.05, 0) is 35.9 Å². The van der Waals surface area contributed by atoms with Crippen LogP contribution in [0.1, 0.15) is 37.1 Å². The molecule has 0 aliphatic heterocycles. The molecule has 0 radical (unpaired) electrons. The molecule has 0 spiro atoms. The molecule has 0 saturated carbocycles. The summed E-state index contributed by atoms with van der Waals surface area (Å²) in [4.78, 5) is 1.53. The summed E-state index contributed by atoms with van der Waals surface area (Å²) in [5, 5.41) is 1.42. The van der Waals surface area contributed by atoms with Crippen molar-refractivity contribution in [3.05, 3.63) is 34.7 Å². The highest BCUT2D eigenvalue weighted by atomic mass is 32.1. The Morgan fingerprint density at radius 1 is 1.00 bits per heavy atom. The molecule has 0 aliphatic rings. The van der Waals surface area contributed by atoms with Crippen LogP contribution in [-0.4, -0.2) is 0 Å². The lowest BCUT2D eigenvalue weighted by Crippen LogP contribution is -1.80. The van der Waals surface area contributed by atoms with Gasteiger partial charge >= 0.3 is 0 Å². The van der Waals surface area contributed by atoms with Crippen LogP contribution in [0.2, 0.25) is 0 Å². The molecule has 1 heteroatoms. The second-order valence-electron chi connectivity index (χ2n) is 4.08. The van der Waals surface area contributed by atoms with Crippen LogP contribution in [0.5, 0.6) is 0 Å². The van der Waals surface area contributed by atoms with Crippen LogP contribution in [0.4, 0.5) is 0 Å². The zero-order valence-electron chi connectivity index (χ0n) is 9.55. The van der Waals surface area contributed by atoms with Crippen molar-refractivity contribution in [3.8, 4) is 0 Å². The van der Waals surface area contributed by atoms with Gasteiger partial charge in [0.2, 0.25) is 0 Å². The molecule has 0 bridgehead atoms. The molecule has 0 amide bonds. The van der Waals surface area contributed by atoms with Crippen molar-refractivity contribution in [1.82, 2.24) is 0 Å². The third-order valence-electron chi connectivity index (χ3n) is 2.67. The van der Waals surface area contributed by atoms with E-state index < -0.39 is 0 Å². The molecule has 1 aromatic carbocycles. The fourth-order valence-electron chi connectivity index (χ4n) is 1.94. The van der Waals surface area contributed by atoms with Crippen molar-refractivity contribution in [2.45, 2.75) is 39.5 Å². The van der Waals surface area contributed by atoms with Crippen LogP contribution in [0.15, 0.2) is 24.3 Å². The van der Waals surface area contributed by atoms with Gasteiger partial charge in [-0.25, -0.2) is 0 Å². The van der Waals surface area contributed by atoms with Gasteiger partial charge in [0.1, 0.15) is 0 Å². The van der Waals surface area contributed by atoms with E-state index in [9.17, 15) is 0 Å². The van der Waals surface area contributed by atoms with Gasteiger partial charge in [0.05, 0.1) is 0 Å². The highest BCUT2D eigenvalue weighted by molar-refractivity contribution is 7.19. The van der Waals surface area contributed by atoms with Crippen LogP contribution in [0, 0.1) is 0 Å². The summed E-state index contributed by atoms with van der Waals surface area (Å²) in [7, 11) is 0. The first-order valence-corrected chi connectivity index (χ1v) is 6.66. The minimum atomic E-state index is 1.21. The topological polar surface area (TPSA) is 0 Å². The first kappa shape index (κ1) is 10.7. The first-order chi connectivity index (χ1) is 7.33. The molecular weight excluding hydrogens is 200 g/mol. The van der Waals surface area contributed by atoms with Crippen molar-refractivity contribution >= 4 is 21.4 Å². The lowest BCUT2D eigenvalue weighted by Gasteiger charge is -1.97. The van der Waals surface area contributed by atoms with Gasteiger partial charge < -0.3 is 0 Å². The number of thiophene rings is 1. The maximum absolute atomic E-state index is 2.36. The van der Waals surface area contributed by atoms with Gasteiger partial charge in [0, 0.05) is 9.58 Å². The fourth-order valence-corrected chi connectivity index (χ4v) is 3.17. The van der Waals surface area contributed by atoms with Crippen molar-refractivity contribution in [2.24, 2.45) is 0 Å². The van der Waals surface area contributed by atoms with Crippen LogP contribution < -0.4 is 0 Å². The fraction of sp³-hybridized carbons (Fsp3) is 0.429. The second-order valence-corrected chi connectivity index (χ2v) is 5.25. The number of fused-ring (bicyclic) bond motifs is 1. The molecule has 0 nitrogen and oxygen atoms in total. The predicted molar refractivity (Wildman–Crippen MR) is 69.8 cm³/mol. The smallest absolute Gasteiger partial charge is 0.0348 e. The van der Waals surface area contributed by atoms with Gasteiger partial charge in [-0.3, -0.25) is 0 Å². The van der Waals surface area contributed by atoms with Crippen molar-refractivity contribution in [1.29, 1.82) is 0 Å². The van der Waals surface area contributed by atoms with E-state index in [2.05, 4.69) is 38.1 Å². The van der Waals surface area contributed by atoms with Gasteiger partial charge in [-0.2, -0.15) is 0 Å². The Hall–Kier alpha value is -0.820. The van der Waals surface area contributed by atoms with Crippen LogP contribution in [0.3, 0.4) is 0 Å². The van der Waals surface area contributed by atoms with Crippen LogP contribution >= 0.6 is 11.3 Å². The predicted octanol–water partition coefficient (Wildman–Crippen LogP) is 4.81. The van der Waals surface area contributed by atoms with Crippen molar-refractivity contribution in [3.63, 3.8) is 0 Å². The van der Waals surface area contributed by atoms with Crippen molar-refractivity contribution in [2.75, 3.05) is 0 Å². The molecule has 0 unspecified atom stereocenters. The lowest BCUT2D eigenvalue weighted by molar-refractivity contribution is 0.924. The largest absolute Gasteiger partial charge is 0.140 e. The Morgan fingerprint density at radius 3 is 2.53 bits per heavy atom. The highest BCUT2D eigenvalue weighted by Gasteiger charge is 2.01. The summed E-state index contributed by atoms with van der Waals surface area (Å²) in [6.07, 6.45) is 4.91. The van der Waals surface area contributed by atoms with Gasteiger partial charge in [0.15, 0.2) is 0 Å². The van der Waals surface area contributed by atoms with E-state index in [1.54, 1.807) is 0 Å². The summed E-state index contributed by atoms with van der Waals surface area (Å²) in [5.74, 6) is 0. The average molecular weight is 218 g/mol. The number of hydrogen-bond acceptors (Lipinski definition) is 1. The van der Waals surface area contributed by atoms with Gasteiger partial charge in [-0.15, -0.1) is 11.3 Å². The average Bonchev–Trinajstić information content (AvgIpc) is 2.60. The summed E-state index contributed by atoms with van der Waals surface area (Å²) < 4.78 is 1.46. The van der Waals surface area contributed by atoms with E-state index in [0.29, 0.717) is 0 Å². The number of hydrogen-bond donors (Lipinski definition) is 0. The summed E-state index contributed by atoms with van der Waals surface area (Å²) in [6, 6.07) is 9.26. The molecule has 1 heterocycles. The van der Waals surface area contributed by atoms with Gasteiger partial charge in [-0.1, -0.05) is 38.8 Å².